The minimum Gasteiger partial charge on any atom is -0.494 e. The quantitative estimate of drug-likeness (QED) is 0.779. The molecule has 21 heavy (non-hydrogen) atoms. The van der Waals surface area contributed by atoms with Crippen molar-refractivity contribution in [2.45, 2.75) is 59.3 Å². The predicted octanol–water partition coefficient (Wildman–Crippen LogP) is 4.98. The molecule has 0 atom stereocenters. The van der Waals surface area contributed by atoms with E-state index in [1.54, 1.807) is 0 Å². The number of hydrogen-bond acceptors (Lipinski definition) is 2. The number of carbonyl (C=O) groups is 1. The van der Waals surface area contributed by atoms with Gasteiger partial charge in [0.2, 0.25) is 5.91 Å². The van der Waals surface area contributed by atoms with Crippen molar-refractivity contribution in [3.05, 3.63) is 23.8 Å². The van der Waals surface area contributed by atoms with Crippen LogP contribution < -0.4 is 10.1 Å². The van der Waals surface area contributed by atoms with Crippen LogP contribution in [0.15, 0.2) is 18.2 Å². The van der Waals surface area contributed by atoms with Crippen molar-refractivity contribution in [3.63, 3.8) is 0 Å². The number of unbranched alkanes of at least 4 members (excludes halogenated alkanes) is 2. The van der Waals surface area contributed by atoms with Gasteiger partial charge in [-0.25, -0.2) is 0 Å². The second-order valence-corrected chi connectivity index (χ2v) is 5.07. The topological polar surface area (TPSA) is 38.3 Å². The summed E-state index contributed by atoms with van der Waals surface area (Å²) in [4.78, 5) is 11.2. The third kappa shape index (κ3) is 7.37. The molecule has 1 aromatic rings. The largest absolute Gasteiger partial charge is 0.494 e. The molecule has 0 radical (unpaired) electrons. The molecule has 4 heteroatoms. The maximum Gasteiger partial charge on any atom is 0.224 e. The van der Waals surface area contributed by atoms with Crippen molar-refractivity contribution >= 4 is 24.0 Å². The van der Waals surface area contributed by atoms with Crippen LogP contribution in [-0.2, 0) is 11.2 Å². The van der Waals surface area contributed by atoms with Gasteiger partial charge in [-0.1, -0.05) is 46.1 Å². The summed E-state index contributed by atoms with van der Waals surface area (Å²) in [6, 6.07) is 5.93. The summed E-state index contributed by atoms with van der Waals surface area (Å²) in [7, 11) is 0. The molecular formula is C17H28ClNO2. The summed E-state index contributed by atoms with van der Waals surface area (Å²) < 4.78 is 5.60. The molecule has 0 aliphatic carbocycles. The van der Waals surface area contributed by atoms with E-state index in [2.05, 4.69) is 26.1 Å². The predicted molar refractivity (Wildman–Crippen MR) is 91.6 cm³/mol. The summed E-state index contributed by atoms with van der Waals surface area (Å²) in [5, 5.41) is 2.87. The highest BCUT2D eigenvalue weighted by atomic mass is 35.5. The first-order valence-corrected chi connectivity index (χ1v) is 7.76. The molecule has 0 fully saturated rings. The van der Waals surface area contributed by atoms with Gasteiger partial charge in [-0.15, -0.1) is 12.4 Å². The number of carbonyl (C=O) groups excluding carboxylic acids is 1. The van der Waals surface area contributed by atoms with Crippen LogP contribution in [0.2, 0.25) is 0 Å². The standard InChI is InChI=1S/C13H17NO2.C4H10.ClH/c1-2-3-8-16-11-6-4-10-5-7-13(15)14-12(10)9-11;1-3-4-2;/h4,6,9H,2-3,5,7-8H2,1H3,(H,14,15);3-4H2,1-2H3;1H. The molecule has 0 spiro atoms. The van der Waals surface area contributed by atoms with E-state index in [1.807, 2.05) is 18.2 Å². The summed E-state index contributed by atoms with van der Waals surface area (Å²) in [5.74, 6) is 0.938. The summed E-state index contributed by atoms with van der Waals surface area (Å²) >= 11 is 0. The number of hydrogen-bond donors (Lipinski definition) is 1. The van der Waals surface area contributed by atoms with E-state index < -0.39 is 0 Å². The van der Waals surface area contributed by atoms with Gasteiger partial charge < -0.3 is 10.1 Å². The van der Waals surface area contributed by atoms with Crippen molar-refractivity contribution in [1.82, 2.24) is 0 Å². The second-order valence-electron chi connectivity index (χ2n) is 5.07. The molecule has 0 unspecified atom stereocenters. The third-order valence-corrected chi connectivity index (χ3v) is 3.24. The fourth-order valence-corrected chi connectivity index (χ4v) is 1.77. The van der Waals surface area contributed by atoms with Gasteiger partial charge in [-0.3, -0.25) is 4.79 Å². The normalized spacial score (nSPS) is 12.2. The zero-order valence-electron chi connectivity index (χ0n) is 13.4. The van der Waals surface area contributed by atoms with Crippen LogP contribution in [-0.4, -0.2) is 12.5 Å². The Hall–Kier alpha value is -1.22. The highest BCUT2D eigenvalue weighted by Gasteiger charge is 2.14. The van der Waals surface area contributed by atoms with Crippen LogP contribution >= 0.6 is 12.4 Å². The van der Waals surface area contributed by atoms with E-state index in [0.717, 1.165) is 37.3 Å². The molecule has 2 rings (SSSR count). The number of nitrogens with one attached hydrogen (secondary N) is 1. The first-order chi connectivity index (χ1) is 9.71. The van der Waals surface area contributed by atoms with Gasteiger partial charge in [0.15, 0.2) is 0 Å². The highest BCUT2D eigenvalue weighted by Crippen LogP contribution is 2.27. The molecule has 1 aliphatic heterocycles. The lowest BCUT2D eigenvalue weighted by Gasteiger charge is -2.17. The van der Waals surface area contributed by atoms with Crippen molar-refractivity contribution in [1.29, 1.82) is 0 Å². The average Bonchev–Trinajstić information content (AvgIpc) is 2.47. The lowest BCUT2D eigenvalue weighted by molar-refractivity contribution is -0.116. The van der Waals surface area contributed by atoms with Gasteiger partial charge in [0.25, 0.3) is 0 Å². The number of benzene rings is 1. The lowest BCUT2D eigenvalue weighted by Crippen LogP contribution is -2.18. The molecule has 0 saturated carbocycles. The monoisotopic (exact) mass is 313 g/mol. The third-order valence-electron chi connectivity index (χ3n) is 3.24. The van der Waals surface area contributed by atoms with Crippen LogP contribution in [0.4, 0.5) is 5.69 Å². The number of aryl methyl sites for hydroxylation is 1. The number of anilines is 1. The van der Waals surface area contributed by atoms with Gasteiger partial charge in [0, 0.05) is 18.2 Å². The van der Waals surface area contributed by atoms with Crippen molar-refractivity contribution < 1.29 is 9.53 Å². The molecule has 0 saturated heterocycles. The van der Waals surface area contributed by atoms with Gasteiger partial charge in [0.1, 0.15) is 5.75 Å². The molecule has 1 aliphatic rings. The number of amides is 1. The van der Waals surface area contributed by atoms with E-state index >= 15 is 0 Å². The summed E-state index contributed by atoms with van der Waals surface area (Å²) in [6.45, 7) is 7.24. The Labute approximate surface area is 134 Å². The zero-order valence-corrected chi connectivity index (χ0v) is 14.2. The van der Waals surface area contributed by atoms with E-state index in [1.165, 1.54) is 18.4 Å². The number of rotatable bonds is 5. The fraction of sp³-hybridized carbons (Fsp3) is 0.588. The number of ether oxygens (including phenoxy) is 1. The Kier molecular flexibility index (Phi) is 10.8. The lowest BCUT2D eigenvalue weighted by atomic mass is 10.0. The maximum absolute atomic E-state index is 11.2. The Morgan fingerprint density at radius 2 is 1.81 bits per heavy atom. The molecule has 1 aromatic carbocycles. The van der Waals surface area contributed by atoms with Crippen LogP contribution in [0, 0.1) is 0 Å². The molecule has 1 amide bonds. The van der Waals surface area contributed by atoms with E-state index in [9.17, 15) is 4.79 Å². The van der Waals surface area contributed by atoms with Gasteiger partial charge in [0.05, 0.1) is 6.61 Å². The fourth-order valence-electron chi connectivity index (χ4n) is 1.77. The smallest absolute Gasteiger partial charge is 0.224 e. The zero-order chi connectivity index (χ0) is 14.8. The summed E-state index contributed by atoms with van der Waals surface area (Å²) in [6.07, 6.45) is 6.24. The number of halogens is 1. The molecule has 120 valence electrons. The Morgan fingerprint density at radius 3 is 2.43 bits per heavy atom. The Bertz CT molecular complexity index is 419. The molecule has 0 aromatic heterocycles. The summed E-state index contributed by atoms with van der Waals surface area (Å²) in [5.41, 5.74) is 2.10. The van der Waals surface area contributed by atoms with E-state index in [0.29, 0.717) is 6.42 Å². The van der Waals surface area contributed by atoms with Gasteiger partial charge in [-0.2, -0.15) is 0 Å². The Balaban J connectivity index is 0.000000715. The molecular weight excluding hydrogens is 286 g/mol. The van der Waals surface area contributed by atoms with Gasteiger partial charge >= 0.3 is 0 Å². The maximum atomic E-state index is 11.2. The van der Waals surface area contributed by atoms with Crippen LogP contribution in [0.5, 0.6) is 5.75 Å². The average molecular weight is 314 g/mol. The molecule has 0 bridgehead atoms. The van der Waals surface area contributed by atoms with Crippen LogP contribution in [0.1, 0.15) is 58.4 Å². The number of fused-ring (bicyclic) bond motifs is 1. The molecule has 3 nitrogen and oxygen atoms in total. The van der Waals surface area contributed by atoms with Gasteiger partial charge in [-0.05, 0) is 24.5 Å². The first kappa shape index (κ1) is 19.8. The van der Waals surface area contributed by atoms with Crippen LogP contribution in [0.3, 0.4) is 0 Å². The minimum absolute atomic E-state index is 0. The Morgan fingerprint density at radius 1 is 1.10 bits per heavy atom. The first-order valence-electron chi connectivity index (χ1n) is 7.76. The second kappa shape index (κ2) is 11.4. The van der Waals surface area contributed by atoms with Crippen molar-refractivity contribution in [3.8, 4) is 5.75 Å². The molecule has 1 heterocycles. The van der Waals surface area contributed by atoms with Crippen molar-refractivity contribution in [2.24, 2.45) is 0 Å². The minimum atomic E-state index is 0. The highest BCUT2D eigenvalue weighted by molar-refractivity contribution is 5.94. The van der Waals surface area contributed by atoms with E-state index in [-0.39, 0.29) is 18.3 Å². The van der Waals surface area contributed by atoms with Crippen LogP contribution in [0.25, 0.3) is 0 Å². The molecule has 1 N–H and O–H groups in total. The van der Waals surface area contributed by atoms with Crippen molar-refractivity contribution in [2.75, 3.05) is 11.9 Å². The van der Waals surface area contributed by atoms with E-state index in [4.69, 9.17) is 4.74 Å². The SMILES string of the molecule is CCCC.CCCCOc1ccc2c(c1)NC(=O)CC2.Cl.